The van der Waals surface area contributed by atoms with Crippen LogP contribution in [0.4, 0.5) is 0 Å². The molecule has 0 amide bonds. The summed E-state index contributed by atoms with van der Waals surface area (Å²) >= 11 is 0. The Bertz CT molecular complexity index is 379. The highest BCUT2D eigenvalue weighted by Crippen LogP contribution is 2.07. The topological polar surface area (TPSA) is 43.4 Å². The summed E-state index contributed by atoms with van der Waals surface area (Å²) < 4.78 is 5.06. The molecule has 3 heteroatoms. The number of rotatable bonds is 6. The minimum Gasteiger partial charge on any atom is -0.462 e. The van der Waals surface area contributed by atoms with Crippen molar-refractivity contribution in [3.05, 3.63) is 35.4 Å². The van der Waals surface area contributed by atoms with Crippen LogP contribution in [0, 0.1) is 0 Å². The molecule has 0 fully saturated rings. The summed E-state index contributed by atoms with van der Waals surface area (Å²) in [5.41, 5.74) is 1.75. The molecule has 0 unspecified atom stereocenters. The quantitative estimate of drug-likeness (QED) is 0.561. The Kier molecular flexibility index (Phi) is 5.40. The Morgan fingerprint density at radius 2 is 1.82 bits per heavy atom. The first-order valence-corrected chi connectivity index (χ1v) is 5.89. The van der Waals surface area contributed by atoms with Crippen molar-refractivity contribution in [3.63, 3.8) is 0 Å². The van der Waals surface area contributed by atoms with Crippen LogP contribution in [-0.2, 0) is 16.0 Å². The van der Waals surface area contributed by atoms with Gasteiger partial charge in [-0.2, -0.15) is 0 Å². The SMILES string of the molecule is CCc1ccc(C(=O)OCCCC(C)=O)cc1. The van der Waals surface area contributed by atoms with Gasteiger partial charge < -0.3 is 9.53 Å². The molecular weight excluding hydrogens is 216 g/mol. The monoisotopic (exact) mass is 234 g/mol. The number of carbonyl (C=O) groups excluding carboxylic acids is 2. The average Bonchev–Trinajstić information content (AvgIpc) is 2.34. The highest BCUT2D eigenvalue weighted by molar-refractivity contribution is 5.89. The number of hydrogen-bond donors (Lipinski definition) is 0. The van der Waals surface area contributed by atoms with Crippen molar-refractivity contribution < 1.29 is 14.3 Å². The first kappa shape index (κ1) is 13.4. The van der Waals surface area contributed by atoms with Crippen LogP contribution in [0.2, 0.25) is 0 Å². The Labute approximate surface area is 102 Å². The summed E-state index contributed by atoms with van der Waals surface area (Å²) in [5.74, 6) is -0.204. The molecule has 3 nitrogen and oxygen atoms in total. The summed E-state index contributed by atoms with van der Waals surface area (Å²) in [6, 6.07) is 7.39. The second kappa shape index (κ2) is 6.84. The van der Waals surface area contributed by atoms with Crippen molar-refractivity contribution in [2.45, 2.75) is 33.1 Å². The molecule has 0 N–H and O–H groups in total. The molecule has 0 aliphatic heterocycles. The molecule has 1 rings (SSSR count). The number of benzene rings is 1. The van der Waals surface area contributed by atoms with Gasteiger partial charge >= 0.3 is 5.97 Å². The van der Waals surface area contributed by atoms with E-state index in [0.717, 1.165) is 6.42 Å². The smallest absolute Gasteiger partial charge is 0.338 e. The van der Waals surface area contributed by atoms with Crippen molar-refractivity contribution in [1.29, 1.82) is 0 Å². The van der Waals surface area contributed by atoms with Gasteiger partial charge in [0.15, 0.2) is 0 Å². The van der Waals surface area contributed by atoms with Gasteiger partial charge in [-0.25, -0.2) is 4.79 Å². The first-order chi connectivity index (χ1) is 8.13. The number of Topliss-reactive ketones (excluding diaryl/α,β-unsaturated/α-hetero) is 1. The third-order valence-corrected chi connectivity index (χ3v) is 2.50. The highest BCUT2D eigenvalue weighted by Gasteiger charge is 2.06. The number of ketones is 1. The average molecular weight is 234 g/mol. The third kappa shape index (κ3) is 4.81. The van der Waals surface area contributed by atoms with Crippen LogP contribution in [-0.4, -0.2) is 18.4 Å². The minimum absolute atomic E-state index is 0.119. The molecule has 0 aliphatic carbocycles. The van der Waals surface area contributed by atoms with Gasteiger partial charge in [-0.05, 0) is 37.5 Å². The van der Waals surface area contributed by atoms with Gasteiger partial charge in [-0.15, -0.1) is 0 Å². The van der Waals surface area contributed by atoms with E-state index in [1.165, 1.54) is 12.5 Å². The van der Waals surface area contributed by atoms with Crippen LogP contribution < -0.4 is 0 Å². The van der Waals surface area contributed by atoms with Crippen LogP contribution in [0.5, 0.6) is 0 Å². The number of aryl methyl sites for hydroxylation is 1. The zero-order valence-corrected chi connectivity index (χ0v) is 10.4. The molecule has 1 aromatic carbocycles. The number of carbonyl (C=O) groups is 2. The van der Waals surface area contributed by atoms with E-state index in [0.29, 0.717) is 25.0 Å². The first-order valence-electron chi connectivity index (χ1n) is 5.89. The van der Waals surface area contributed by atoms with E-state index in [9.17, 15) is 9.59 Å². The fourth-order valence-corrected chi connectivity index (χ4v) is 1.45. The van der Waals surface area contributed by atoms with Gasteiger partial charge in [-0.3, -0.25) is 0 Å². The van der Waals surface area contributed by atoms with Gasteiger partial charge in [0.2, 0.25) is 0 Å². The fourth-order valence-electron chi connectivity index (χ4n) is 1.45. The summed E-state index contributed by atoms with van der Waals surface area (Å²) in [6.45, 7) is 3.90. The fraction of sp³-hybridized carbons (Fsp3) is 0.429. The lowest BCUT2D eigenvalue weighted by Gasteiger charge is -2.04. The van der Waals surface area contributed by atoms with Crippen molar-refractivity contribution in [2.24, 2.45) is 0 Å². The summed E-state index contributed by atoms with van der Waals surface area (Å²) in [7, 11) is 0. The van der Waals surface area contributed by atoms with Gasteiger partial charge in [0.05, 0.1) is 12.2 Å². The Balaban J connectivity index is 2.38. The van der Waals surface area contributed by atoms with E-state index in [4.69, 9.17) is 4.74 Å². The normalized spacial score (nSPS) is 10.0. The van der Waals surface area contributed by atoms with Crippen LogP contribution in [0.25, 0.3) is 0 Å². The van der Waals surface area contributed by atoms with Crippen molar-refractivity contribution in [3.8, 4) is 0 Å². The Morgan fingerprint density at radius 1 is 1.18 bits per heavy atom. The number of hydrogen-bond acceptors (Lipinski definition) is 3. The summed E-state index contributed by atoms with van der Waals surface area (Å²) in [5, 5.41) is 0. The molecule has 0 spiro atoms. The molecule has 0 saturated carbocycles. The Morgan fingerprint density at radius 3 is 2.35 bits per heavy atom. The molecule has 0 radical (unpaired) electrons. The maximum atomic E-state index is 11.6. The second-order valence-corrected chi connectivity index (χ2v) is 3.99. The standard InChI is InChI=1S/C14H18O3/c1-3-12-6-8-13(9-7-12)14(16)17-10-4-5-11(2)15/h6-9H,3-5,10H2,1-2H3. The van der Waals surface area contributed by atoms with Crippen molar-refractivity contribution in [1.82, 2.24) is 0 Å². The zero-order valence-electron chi connectivity index (χ0n) is 10.4. The largest absolute Gasteiger partial charge is 0.462 e. The molecular formula is C14H18O3. The van der Waals surface area contributed by atoms with Crippen LogP contribution in [0.1, 0.15) is 42.6 Å². The lowest BCUT2D eigenvalue weighted by molar-refractivity contribution is -0.117. The van der Waals surface area contributed by atoms with Gasteiger partial charge in [0, 0.05) is 6.42 Å². The lowest BCUT2D eigenvalue weighted by Crippen LogP contribution is -2.07. The number of esters is 1. The maximum Gasteiger partial charge on any atom is 0.338 e. The van der Waals surface area contributed by atoms with Gasteiger partial charge in [0.1, 0.15) is 5.78 Å². The highest BCUT2D eigenvalue weighted by atomic mass is 16.5. The van der Waals surface area contributed by atoms with E-state index in [1.54, 1.807) is 12.1 Å². The van der Waals surface area contributed by atoms with E-state index < -0.39 is 0 Å². The van der Waals surface area contributed by atoms with Gasteiger partial charge in [0.25, 0.3) is 0 Å². The van der Waals surface area contributed by atoms with Gasteiger partial charge in [-0.1, -0.05) is 19.1 Å². The van der Waals surface area contributed by atoms with Crippen molar-refractivity contribution in [2.75, 3.05) is 6.61 Å². The predicted molar refractivity (Wildman–Crippen MR) is 66.0 cm³/mol. The van der Waals surface area contributed by atoms with Crippen molar-refractivity contribution >= 4 is 11.8 Å². The van der Waals surface area contributed by atoms with E-state index in [2.05, 4.69) is 6.92 Å². The molecule has 0 atom stereocenters. The maximum absolute atomic E-state index is 11.6. The summed E-state index contributed by atoms with van der Waals surface area (Å²) in [4.78, 5) is 22.3. The zero-order chi connectivity index (χ0) is 12.7. The predicted octanol–water partition coefficient (Wildman–Crippen LogP) is 2.78. The lowest BCUT2D eigenvalue weighted by atomic mass is 10.1. The van der Waals surface area contributed by atoms with E-state index >= 15 is 0 Å². The molecule has 0 bridgehead atoms. The molecule has 0 saturated heterocycles. The molecule has 17 heavy (non-hydrogen) atoms. The van der Waals surface area contributed by atoms with Crippen LogP contribution in [0.3, 0.4) is 0 Å². The molecule has 0 aromatic heterocycles. The van der Waals surface area contributed by atoms with E-state index in [1.807, 2.05) is 12.1 Å². The molecule has 0 heterocycles. The molecule has 1 aromatic rings. The molecule has 92 valence electrons. The van der Waals surface area contributed by atoms with E-state index in [-0.39, 0.29) is 11.8 Å². The third-order valence-electron chi connectivity index (χ3n) is 2.50. The Hall–Kier alpha value is -1.64. The molecule has 0 aliphatic rings. The number of ether oxygens (including phenoxy) is 1. The van der Waals surface area contributed by atoms with Crippen LogP contribution in [0.15, 0.2) is 24.3 Å². The minimum atomic E-state index is -0.323. The van der Waals surface area contributed by atoms with Crippen LogP contribution >= 0.6 is 0 Å². The second-order valence-electron chi connectivity index (χ2n) is 3.99. The summed E-state index contributed by atoms with van der Waals surface area (Å²) in [6.07, 6.45) is 2.00.